The molecular weight excluding hydrogens is 218 g/mol. The van der Waals surface area contributed by atoms with E-state index in [2.05, 4.69) is 20.6 Å². The Labute approximate surface area is 98.6 Å². The van der Waals surface area contributed by atoms with Crippen LogP contribution in [0.2, 0.25) is 0 Å². The largest absolute Gasteiger partial charge is 0.341 e. The zero-order valence-electron chi connectivity index (χ0n) is 9.50. The zero-order valence-corrected chi connectivity index (χ0v) is 9.50. The molecule has 1 aromatic carbocycles. The van der Waals surface area contributed by atoms with Gasteiger partial charge in [0.2, 0.25) is 5.91 Å². The first-order valence-corrected chi connectivity index (χ1v) is 5.26. The molecule has 1 amide bonds. The van der Waals surface area contributed by atoms with Crippen molar-refractivity contribution in [3.63, 3.8) is 0 Å². The fourth-order valence-corrected chi connectivity index (χ4v) is 1.47. The minimum atomic E-state index is -0.0322. The highest BCUT2D eigenvalue weighted by molar-refractivity contribution is 5.77. The number of aromatic nitrogens is 4. The van der Waals surface area contributed by atoms with Crippen molar-refractivity contribution in [3.8, 4) is 0 Å². The predicted molar refractivity (Wildman–Crippen MR) is 60.8 cm³/mol. The van der Waals surface area contributed by atoms with Crippen LogP contribution in [-0.4, -0.2) is 38.5 Å². The molecule has 17 heavy (non-hydrogen) atoms. The van der Waals surface area contributed by atoms with Gasteiger partial charge < -0.3 is 4.90 Å². The first-order valence-electron chi connectivity index (χ1n) is 5.26. The molecule has 0 radical (unpaired) electrons. The molecule has 0 aliphatic heterocycles. The summed E-state index contributed by atoms with van der Waals surface area (Å²) in [6.45, 7) is 0.581. The van der Waals surface area contributed by atoms with Gasteiger partial charge >= 0.3 is 0 Å². The molecule has 88 valence electrons. The van der Waals surface area contributed by atoms with E-state index in [4.69, 9.17) is 0 Å². The minimum absolute atomic E-state index is 0.0322. The van der Waals surface area contributed by atoms with Crippen molar-refractivity contribution >= 4 is 5.91 Å². The first kappa shape index (κ1) is 11.3. The van der Waals surface area contributed by atoms with Crippen LogP contribution in [0, 0.1) is 0 Å². The number of carbonyl (C=O) groups is 1. The molecule has 2 rings (SSSR count). The highest BCUT2D eigenvalue weighted by Crippen LogP contribution is 2.03. The van der Waals surface area contributed by atoms with Gasteiger partial charge in [-0.3, -0.25) is 4.79 Å². The van der Waals surface area contributed by atoms with E-state index in [1.165, 1.54) is 0 Å². The van der Waals surface area contributed by atoms with Crippen molar-refractivity contribution in [2.45, 2.75) is 13.0 Å². The van der Waals surface area contributed by atoms with Crippen molar-refractivity contribution < 1.29 is 4.79 Å². The van der Waals surface area contributed by atoms with Crippen LogP contribution in [-0.2, 0) is 17.8 Å². The van der Waals surface area contributed by atoms with E-state index in [0.29, 0.717) is 12.4 Å². The number of hydrogen-bond acceptors (Lipinski definition) is 4. The van der Waals surface area contributed by atoms with Gasteiger partial charge in [0, 0.05) is 13.6 Å². The predicted octanol–water partition coefficient (Wildman–Crippen LogP) is 0.401. The highest BCUT2D eigenvalue weighted by atomic mass is 16.2. The van der Waals surface area contributed by atoms with Gasteiger partial charge in [-0.15, -0.1) is 10.2 Å². The fourth-order valence-electron chi connectivity index (χ4n) is 1.47. The van der Waals surface area contributed by atoms with E-state index < -0.39 is 0 Å². The Balaban J connectivity index is 1.92. The van der Waals surface area contributed by atoms with Crippen molar-refractivity contribution in [2.24, 2.45) is 0 Å². The van der Waals surface area contributed by atoms with Crippen molar-refractivity contribution in [1.29, 1.82) is 0 Å². The first-order chi connectivity index (χ1) is 8.25. The van der Waals surface area contributed by atoms with Gasteiger partial charge in [0.25, 0.3) is 0 Å². The summed E-state index contributed by atoms with van der Waals surface area (Å²) < 4.78 is 0. The third-order valence-electron chi connectivity index (χ3n) is 2.39. The molecule has 2 aromatic rings. The average Bonchev–Trinajstić information content (AvgIpc) is 2.83. The fraction of sp³-hybridized carbons (Fsp3) is 0.273. The van der Waals surface area contributed by atoms with Gasteiger partial charge in [0.15, 0.2) is 5.82 Å². The Kier molecular flexibility index (Phi) is 3.44. The van der Waals surface area contributed by atoms with Gasteiger partial charge in [-0.2, -0.15) is 5.21 Å². The van der Waals surface area contributed by atoms with Crippen LogP contribution in [0.1, 0.15) is 11.4 Å². The molecule has 1 N–H and O–H groups in total. The molecule has 0 saturated heterocycles. The number of likely N-dealkylation sites (N-methyl/N-ethyl adjacent to an activating group) is 1. The third kappa shape index (κ3) is 3.10. The molecule has 6 nitrogen and oxygen atoms in total. The molecule has 6 heteroatoms. The summed E-state index contributed by atoms with van der Waals surface area (Å²) in [6.07, 6.45) is 0.167. The monoisotopic (exact) mass is 231 g/mol. The number of hydrogen-bond donors (Lipinski definition) is 1. The lowest BCUT2D eigenvalue weighted by Crippen LogP contribution is -2.28. The minimum Gasteiger partial charge on any atom is -0.341 e. The number of nitrogens with zero attached hydrogens (tertiary/aromatic N) is 4. The molecule has 0 saturated carbocycles. The van der Waals surface area contributed by atoms with Gasteiger partial charge in [-0.1, -0.05) is 35.5 Å². The van der Waals surface area contributed by atoms with Crippen molar-refractivity contribution in [1.82, 2.24) is 25.5 Å². The number of aromatic amines is 1. The topological polar surface area (TPSA) is 74.8 Å². The molecule has 0 aliphatic carbocycles. The summed E-state index contributed by atoms with van der Waals surface area (Å²) in [7, 11) is 1.76. The number of rotatable bonds is 4. The second kappa shape index (κ2) is 5.20. The van der Waals surface area contributed by atoms with Crippen molar-refractivity contribution in [3.05, 3.63) is 41.7 Å². The Hall–Kier alpha value is -2.24. The molecule has 0 spiro atoms. The Morgan fingerprint density at radius 1 is 1.35 bits per heavy atom. The van der Waals surface area contributed by atoms with Crippen molar-refractivity contribution in [2.75, 3.05) is 7.05 Å². The van der Waals surface area contributed by atoms with E-state index in [1.807, 2.05) is 30.3 Å². The number of benzene rings is 1. The molecule has 0 unspecified atom stereocenters. The average molecular weight is 231 g/mol. The van der Waals surface area contributed by atoms with E-state index in [0.717, 1.165) is 5.56 Å². The number of amides is 1. The number of nitrogens with one attached hydrogen (secondary N) is 1. The number of carbonyl (C=O) groups excluding carboxylic acids is 1. The van der Waals surface area contributed by atoms with Crippen LogP contribution in [0.5, 0.6) is 0 Å². The SMILES string of the molecule is CN(Cc1ccccc1)C(=O)Cc1nn[nH]n1. The van der Waals surface area contributed by atoms with E-state index in [1.54, 1.807) is 11.9 Å². The van der Waals surface area contributed by atoms with Crippen LogP contribution in [0.4, 0.5) is 0 Å². The maximum atomic E-state index is 11.8. The Morgan fingerprint density at radius 2 is 2.12 bits per heavy atom. The summed E-state index contributed by atoms with van der Waals surface area (Å²) >= 11 is 0. The summed E-state index contributed by atoms with van der Waals surface area (Å²) in [5, 5.41) is 13.2. The van der Waals surface area contributed by atoms with Gasteiger partial charge in [0.1, 0.15) is 0 Å². The molecule has 1 aromatic heterocycles. The van der Waals surface area contributed by atoms with Crippen LogP contribution in [0.15, 0.2) is 30.3 Å². The van der Waals surface area contributed by atoms with Gasteiger partial charge in [-0.25, -0.2) is 0 Å². The molecule has 0 fully saturated rings. The summed E-state index contributed by atoms with van der Waals surface area (Å²) in [5.41, 5.74) is 1.09. The maximum absolute atomic E-state index is 11.8. The molecule has 1 heterocycles. The third-order valence-corrected chi connectivity index (χ3v) is 2.39. The quantitative estimate of drug-likeness (QED) is 0.826. The molecule has 0 atom stereocenters. The van der Waals surface area contributed by atoms with E-state index >= 15 is 0 Å². The van der Waals surface area contributed by atoms with Gasteiger partial charge in [0.05, 0.1) is 6.42 Å². The second-order valence-corrected chi connectivity index (χ2v) is 3.74. The Bertz CT molecular complexity index is 468. The normalized spacial score (nSPS) is 10.2. The lowest BCUT2D eigenvalue weighted by molar-refractivity contribution is -0.129. The van der Waals surface area contributed by atoms with Gasteiger partial charge in [-0.05, 0) is 5.56 Å². The maximum Gasteiger partial charge on any atom is 0.230 e. The second-order valence-electron chi connectivity index (χ2n) is 3.74. The van der Waals surface area contributed by atoms with Crippen LogP contribution in [0.3, 0.4) is 0 Å². The molecule has 0 bridgehead atoms. The number of tetrazole rings is 1. The summed E-state index contributed by atoms with van der Waals surface area (Å²) in [5.74, 6) is 0.380. The highest BCUT2D eigenvalue weighted by Gasteiger charge is 2.12. The smallest absolute Gasteiger partial charge is 0.230 e. The van der Waals surface area contributed by atoms with E-state index in [-0.39, 0.29) is 12.3 Å². The van der Waals surface area contributed by atoms with Crippen LogP contribution in [0.25, 0.3) is 0 Å². The standard InChI is InChI=1S/C11H13N5O/c1-16(8-9-5-3-2-4-6-9)11(17)7-10-12-14-15-13-10/h2-6H,7-8H2,1H3,(H,12,13,14,15). The summed E-state index contributed by atoms with van der Waals surface area (Å²) in [4.78, 5) is 13.5. The lowest BCUT2D eigenvalue weighted by atomic mass is 10.2. The lowest BCUT2D eigenvalue weighted by Gasteiger charge is -2.16. The molecular formula is C11H13N5O. The van der Waals surface area contributed by atoms with E-state index in [9.17, 15) is 4.79 Å². The zero-order chi connectivity index (χ0) is 12.1. The van der Waals surface area contributed by atoms with Crippen LogP contribution >= 0.6 is 0 Å². The summed E-state index contributed by atoms with van der Waals surface area (Å²) in [6, 6.07) is 9.82. The van der Waals surface area contributed by atoms with Crippen LogP contribution < -0.4 is 0 Å². The molecule has 0 aliphatic rings. The Morgan fingerprint density at radius 3 is 2.76 bits per heavy atom. The number of H-pyrrole nitrogens is 1.